The van der Waals surface area contributed by atoms with E-state index in [9.17, 15) is 10.1 Å². The minimum Gasteiger partial charge on any atom is -0.314 e. The van der Waals surface area contributed by atoms with Gasteiger partial charge in [0.1, 0.15) is 0 Å². The molecule has 0 aromatic heterocycles. The van der Waals surface area contributed by atoms with Gasteiger partial charge >= 0.3 is 0 Å². The van der Waals surface area contributed by atoms with E-state index in [0.29, 0.717) is 12.0 Å². The first-order valence-electron chi connectivity index (χ1n) is 6.60. The lowest BCUT2D eigenvalue weighted by molar-refractivity contribution is -0.385. The molecule has 0 saturated heterocycles. The summed E-state index contributed by atoms with van der Waals surface area (Å²) >= 11 is 0. The number of benzene rings is 1. The van der Waals surface area contributed by atoms with E-state index in [1.165, 1.54) is 0 Å². The molecule has 1 N–H and O–H groups in total. The molecule has 0 unspecified atom stereocenters. The molecule has 0 amide bonds. The molecule has 98 valence electrons. The van der Waals surface area contributed by atoms with Gasteiger partial charge in [0.25, 0.3) is 5.69 Å². The van der Waals surface area contributed by atoms with Crippen LogP contribution in [-0.4, -0.2) is 17.5 Å². The van der Waals surface area contributed by atoms with Gasteiger partial charge < -0.3 is 5.32 Å². The number of nitro groups is 1. The molecule has 0 bridgehead atoms. The Morgan fingerprint density at radius 3 is 2.78 bits per heavy atom. The molecule has 4 heteroatoms. The number of nitrogens with one attached hydrogen (secondary N) is 1. The Labute approximate surface area is 108 Å². The van der Waals surface area contributed by atoms with Crippen molar-refractivity contribution in [1.82, 2.24) is 5.32 Å². The van der Waals surface area contributed by atoms with Gasteiger partial charge in [0.2, 0.25) is 0 Å². The van der Waals surface area contributed by atoms with E-state index in [2.05, 4.69) is 12.2 Å². The molecule has 1 aromatic rings. The van der Waals surface area contributed by atoms with E-state index >= 15 is 0 Å². The van der Waals surface area contributed by atoms with Gasteiger partial charge in [-0.3, -0.25) is 10.1 Å². The van der Waals surface area contributed by atoms with Gasteiger partial charge in [0.05, 0.1) is 4.92 Å². The quantitative estimate of drug-likeness (QED) is 0.643. The Kier molecular flexibility index (Phi) is 3.97. The first-order chi connectivity index (χ1) is 8.61. The zero-order chi connectivity index (χ0) is 13.1. The van der Waals surface area contributed by atoms with E-state index in [4.69, 9.17) is 0 Å². The van der Waals surface area contributed by atoms with Crippen molar-refractivity contribution >= 4 is 5.69 Å². The Morgan fingerprint density at radius 1 is 1.44 bits per heavy atom. The third-order valence-electron chi connectivity index (χ3n) is 3.72. The van der Waals surface area contributed by atoms with Gasteiger partial charge in [-0.25, -0.2) is 0 Å². The Morgan fingerprint density at radius 2 is 2.17 bits per heavy atom. The highest BCUT2D eigenvalue weighted by atomic mass is 16.6. The van der Waals surface area contributed by atoms with Gasteiger partial charge in [0, 0.05) is 17.7 Å². The molecule has 0 aliphatic heterocycles. The maximum atomic E-state index is 10.9. The highest BCUT2D eigenvalue weighted by Gasteiger charge is 2.30. The molecule has 18 heavy (non-hydrogen) atoms. The normalized spacial score (nSPS) is 22.6. The minimum absolute atomic E-state index is 0.248. The molecular formula is C14H20N2O2. The number of hydrogen-bond acceptors (Lipinski definition) is 3. The summed E-state index contributed by atoms with van der Waals surface area (Å²) in [7, 11) is 0. The summed E-state index contributed by atoms with van der Waals surface area (Å²) in [4.78, 5) is 10.6. The van der Waals surface area contributed by atoms with Crippen LogP contribution >= 0.6 is 0 Å². The standard InChI is InChI=1S/C14H20N2O2/c1-3-6-15-13-7-12(8-13)11-5-4-10(2)14(9-11)16(17)18/h4-5,9,12-13,15H,3,6-8H2,1-2H3. The van der Waals surface area contributed by atoms with Crippen LogP contribution in [-0.2, 0) is 0 Å². The molecule has 0 spiro atoms. The van der Waals surface area contributed by atoms with Crippen LogP contribution in [0.5, 0.6) is 0 Å². The molecule has 2 rings (SSSR count). The Bertz CT molecular complexity index is 439. The van der Waals surface area contributed by atoms with Crippen molar-refractivity contribution in [1.29, 1.82) is 0 Å². The van der Waals surface area contributed by atoms with Crippen LogP contribution in [0.1, 0.15) is 43.2 Å². The fourth-order valence-corrected chi connectivity index (χ4v) is 2.48. The molecule has 1 aliphatic rings. The van der Waals surface area contributed by atoms with Gasteiger partial charge in [-0.05, 0) is 44.2 Å². The largest absolute Gasteiger partial charge is 0.314 e. The van der Waals surface area contributed by atoms with Gasteiger partial charge in [-0.1, -0.05) is 19.1 Å². The summed E-state index contributed by atoms with van der Waals surface area (Å²) in [5.41, 5.74) is 2.10. The molecule has 4 nitrogen and oxygen atoms in total. The zero-order valence-electron chi connectivity index (χ0n) is 11.0. The highest BCUT2D eigenvalue weighted by Crippen LogP contribution is 2.38. The van der Waals surface area contributed by atoms with Crippen LogP contribution in [0.4, 0.5) is 5.69 Å². The fourth-order valence-electron chi connectivity index (χ4n) is 2.48. The second-order valence-corrected chi connectivity index (χ2v) is 5.12. The van der Waals surface area contributed by atoms with Crippen LogP contribution in [0, 0.1) is 17.0 Å². The zero-order valence-corrected chi connectivity index (χ0v) is 11.0. The van der Waals surface area contributed by atoms with E-state index < -0.39 is 0 Å². The highest BCUT2D eigenvalue weighted by molar-refractivity contribution is 5.44. The SMILES string of the molecule is CCCNC1CC(c2ccc(C)c([N+](=O)[O-])c2)C1. The second-order valence-electron chi connectivity index (χ2n) is 5.12. The summed E-state index contributed by atoms with van der Waals surface area (Å²) in [5.74, 6) is 0.485. The van der Waals surface area contributed by atoms with E-state index in [1.807, 2.05) is 12.1 Å². The van der Waals surface area contributed by atoms with E-state index in [0.717, 1.165) is 36.9 Å². The summed E-state index contributed by atoms with van der Waals surface area (Å²) in [5, 5.41) is 14.4. The van der Waals surface area contributed by atoms with Gasteiger partial charge in [0.15, 0.2) is 0 Å². The molecule has 1 saturated carbocycles. The van der Waals surface area contributed by atoms with Crippen molar-refractivity contribution in [2.75, 3.05) is 6.54 Å². The van der Waals surface area contributed by atoms with E-state index in [-0.39, 0.29) is 10.6 Å². The van der Waals surface area contributed by atoms with Crippen LogP contribution in [0.3, 0.4) is 0 Å². The molecule has 1 aliphatic carbocycles. The monoisotopic (exact) mass is 248 g/mol. The number of aryl methyl sites for hydroxylation is 1. The summed E-state index contributed by atoms with van der Waals surface area (Å²) in [6.07, 6.45) is 3.34. The molecule has 0 atom stereocenters. The topological polar surface area (TPSA) is 55.2 Å². The Hall–Kier alpha value is -1.42. The van der Waals surface area contributed by atoms with Gasteiger partial charge in [-0.15, -0.1) is 0 Å². The van der Waals surface area contributed by atoms with Crippen molar-refractivity contribution < 1.29 is 4.92 Å². The fraction of sp³-hybridized carbons (Fsp3) is 0.571. The number of rotatable bonds is 5. The molecular weight excluding hydrogens is 228 g/mol. The van der Waals surface area contributed by atoms with Crippen LogP contribution in [0.2, 0.25) is 0 Å². The third-order valence-corrected chi connectivity index (χ3v) is 3.72. The molecule has 1 fully saturated rings. The lowest BCUT2D eigenvalue weighted by atomic mass is 9.75. The number of nitrogens with zero attached hydrogens (tertiary/aromatic N) is 1. The van der Waals surface area contributed by atoms with Gasteiger partial charge in [-0.2, -0.15) is 0 Å². The summed E-state index contributed by atoms with van der Waals surface area (Å²) in [6, 6.07) is 6.23. The molecule has 0 radical (unpaired) electrons. The predicted octanol–water partition coefficient (Wildman–Crippen LogP) is 3.15. The first-order valence-corrected chi connectivity index (χ1v) is 6.60. The lowest BCUT2D eigenvalue weighted by Gasteiger charge is -2.36. The maximum absolute atomic E-state index is 10.9. The summed E-state index contributed by atoms with van der Waals surface area (Å²) < 4.78 is 0. The summed E-state index contributed by atoms with van der Waals surface area (Å²) in [6.45, 7) is 5.01. The second kappa shape index (κ2) is 5.48. The van der Waals surface area contributed by atoms with Crippen LogP contribution < -0.4 is 5.32 Å². The van der Waals surface area contributed by atoms with Crippen molar-refractivity contribution in [2.24, 2.45) is 0 Å². The Balaban J connectivity index is 1.99. The molecule has 0 heterocycles. The number of hydrogen-bond donors (Lipinski definition) is 1. The van der Waals surface area contributed by atoms with E-state index in [1.54, 1.807) is 13.0 Å². The maximum Gasteiger partial charge on any atom is 0.272 e. The molecule has 1 aromatic carbocycles. The van der Waals surface area contributed by atoms with Crippen molar-refractivity contribution in [2.45, 2.75) is 45.1 Å². The number of nitro benzene ring substituents is 1. The smallest absolute Gasteiger partial charge is 0.272 e. The predicted molar refractivity (Wildman–Crippen MR) is 71.9 cm³/mol. The van der Waals surface area contributed by atoms with Crippen LogP contribution in [0.15, 0.2) is 18.2 Å². The minimum atomic E-state index is -0.287. The van der Waals surface area contributed by atoms with Crippen molar-refractivity contribution in [3.05, 3.63) is 39.4 Å². The van der Waals surface area contributed by atoms with Crippen molar-refractivity contribution in [3.8, 4) is 0 Å². The lowest BCUT2D eigenvalue weighted by Crippen LogP contribution is -2.40. The first kappa shape index (κ1) is 13.0. The third kappa shape index (κ3) is 2.70. The van der Waals surface area contributed by atoms with Crippen molar-refractivity contribution in [3.63, 3.8) is 0 Å². The van der Waals surface area contributed by atoms with Crippen LogP contribution in [0.25, 0.3) is 0 Å². The average molecular weight is 248 g/mol. The average Bonchev–Trinajstić information content (AvgIpc) is 2.28.